The first kappa shape index (κ1) is 25.7. The molecule has 1 heterocycles. The molecule has 0 atom stereocenters. The van der Waals surface area contributed by atoms with Gasteiger partial charge in [-0.05, 0) is 43.2 Å². The number of sulfonamides is 1. The van der Waals surface area contributed by atoms with Gasteiger partial charge in [0.25, 0.3) is 0 Å². The van der Waals surface area contributed by atoms with Gasteiger partial charge in [0.1, 0.15) is 11.6 Å². The van der Waals surface area contributed by atoms with Crippen LogP contribution < -0.4 is 10.1 Å². The first-order chi connectivity index (χ1) is 16.2. The van der Waals surface area contributed by atoms with E-state index >= 15 is 0 Å². The molecule has 3 aromatic rings. The fraction of sp³-hybridized carbons (Fsp3) is 0.440. The summed E-state index contributed by atoms with van der Waals surface area (Å²) in [6.07, 6.45) is 1.45. The summed E-state index contributed by atoms with van der Waals surface area (Å²) in [5, 5.41) is 2.96. The highest BCUT2D eigenvalue weighted by Crippen LogP contribution is 2.23. The molecular formula is C25H34N4O4S. The molecule has 0 bridgehead atoms. The fourth-order valence-corrected chi connectivity index (χ4v) is 5.56. The first-order valence-corrected chi connectivity index (χ1v) is 13.0. The second-order valence-electron chi connectivity index (χ2n) is 8.24. The monoisotopic (exact) mass is 486 g/mol. The highest BCUT2D eigenvalue weighted by Gasteiger charge is 2.22. The smallest absolute Gasteiger partial charge is 0.243 e. The maximum atomic E-state index is 12.8. The van der Waals surface area contributed by atoms with E-state index in [1.165, 1.54) is 4.31 Å². The lowest BCUT2D eigenvalue weighted by Crippen LogP contribution is -2.30. The molecule has 0 saturated heterocycles. The van der Waals surface area contributed by atoms with Crippen LogP contribution in [0.2, 0.25) is 0 Å². The molecule has 2 aromatic carbocycles. The third-order valence-electron chi connectivity index (χ3n) is 6.02. The molecule has 184 valence electrons. The number of hydrogen-bond acceptors (Lipinski definition) is 5. The second kappa shape index (κ2) is 11.0. The van der Waals surface area contributed by atoms with Gasteiger partial charge in [0.2, 0.25) is 15.9 Å². The number of aryl methyl sites for hydroxylation is 3. The molecular weight excluding hydrogens is 452 g/mol. The summed E-state index contributed by atoms with van der Waals surface area (Å²) in [5.74, 6) is 1.51. The van der Waals surface area contributed by atoms with Crippen LogP contribution in [0.1, 0.15) is 37.2 Å². The van der Waals surface area contributed by atoms with E-state index in [0.29, 0.717) is 44.4 Å². The largest absolute Gasteiger partial charge is 0.496 e. The number of aromatic nitrogens is 2. The zero-order valence-electron chi connectivity index (χ0n) is 20.6. The van der Waals surface area contributed by atoms with Crippen molar-refractivity contribution in [2.45, 2.75) is 44.9 Å². The summed E-state index contributed by atoms with van der Waals surface area (Å²) in [6.45, 7) is 7.02. The van der Waals surface area contributed by atoms with E-state index in [1.54, 1.807) is 25.3 Å². The van der Waals surface area contributed by atoms with Crippen molar-refractivity contribution in [2.75, 3.05) is 26.7 Å². The van der Waals surface area contributed by atoms with Gasteiger partial charge in [0.15, 0.2) is 0 Å². The summed E-state index contributed by atoms with van der Waals surface area (Å²) < 4.78 is 34.4. The van der Waals surface area contributed by atoms with Crippen molar-refractivity contribution in [3.05, 3.63) is 53.3 Å². The highest BCUT2D eigenvalue weighted by atomic mass is 32.2. The Labute approximate surface area is 202 Å². The molecule has 0 radical (unpaired) electrons. The lowest BCUT2D eigenvalue weighted by Gasteiger charge is -2.18. The number of carbonyl (C=O) groups is 1. The summed E-state index contributed by atoms with van der Waals surface area (Å²) >= 11 is 0. The average Bonchev–Trinajstić information content (AvgIpc) is 3.13. The highest BCUT2D eigenvalue weighted by molar-refractivity contribution is 7.89. The number of methoxy groups -OCH3 is 1. The van der Waals surface area contributed by atoms with E-state index in [4.69, 9.17) is 4.74 Å². The van der Waals surface area contributed by atoms with Crippen molar-refractivity contribution in [2.24, 2.45) is 7.05 Å². The molecule has 0 aliphatic carbocycles. The molecule has 1 aromatic heterocycles. The van der Waals surface area contributed by atoms with Crippen LogP contribution in [0, 0.1) is 6.92 Å². The van der Waals surface area contributed by atoms with Crippen molar-refractivity contribution in [3.63, 3.8) is 0 Å². The molecule has 8 nitrogen and oxygen atoms in total. The minimum atomic E-state index is -3.55. The van der Waals surface area contributed by atoms with Crippen LogP contribution in [-0.2, 0) is 34.7 Å². The van der Waals surface area contributed by atoms with E-state index in [0.717, 1.165) is 28.2 Å². The average molecular weight is 487 g/mol. The van der Waals surface area contributed by atoms with Crippen molar-refractivity contribution in [1.82, 2.24) is 19.2 Å². The SMILES string of the molecule is CCN(CC)S(=O)(=O)c1ccc2c(c1)nc(CCC(=O)NCCc1cc(C)ccc1OC)n2C. The predicted molar refractivity (Wildman–Crippen MR) is 134 cm³/mol. The number of benzene rings is 2. The third kappa shape index (κ3) is 5.59. The molecule has 0 spiro atoms. The lowest BCUT2D eigenvalue weighted by atomic mass is 10.1. The third-order valence-corrected chi connectivity index (χ3v) is 8.06. The topological polar surface area (TPSA) is 93.5 Å². The Hall–Kier alpha value is -2.91. The Morgan fingerprint density at radius 2 is 1.85 bits per heavy atom. The predicted octanol–water partition coefficient (Wildman–Crippen LogP) is 3.21. The van der Waals surface area contributed by atoms with E-state index < -0.39 is 10.0 Å². The van der Waals surface area contributed by atoms with Gasteiger partial charge >= 0.3 is 0 Å². The van der Waals surface area contributed by atoms with E-state index in [9.17, 15) is 13.2 Å². The fourth-order valence-electron chi connectivity index (χ4n) is 4.08. The Bertz CT molecular complexity index is 1260. The molecule has 9 heteroatoms. The number of nitrogens with one attached hydrogen (secondary N) is 1. The Morgan fingerprint density at radius 1 is 1.12 bits per heavy atom. The van der Waals surface area contributed by atoms with Crippen molar-refractivity contribution < 1.29 is 17.9 Å². The molecule has 1 N–H and O–H groups in total. The molecule has 1 amide bonds. The minimum absolute atomic E-state index is 0.0523. The zero-order chi connectivity index (χ0) is 24.9. The number of rotatable bonds is 11. The lowest BCUT2D eigenvalue weighted by molar-refractivity contribution is -0.121. The second-order valence-corrected chi connectivity index (χ2v) is 10.2. The molecule has 0 aliphatic heterocycles. The van der Waals surface area contributed by atoms with Crippen LogP contribution in [0.3, 0.4) is 0 Å². The molecule has 0 aliphatic rings. The van der Waals surface area contributed by atoms with Gasteiger partial charge in [-0.1, -0.05) is 31.5 Å². The number of amides is 1. The Kier molecular flexibility index (Phi) is 8.33. The summed E-state index contributed by atoms with van der Waals surface area (Å²) in [6, 6.07) is 11.0. The van der Waals surface area contributed by atoms with E-state index in [1.807, 2.05) is 44.5 Å². The summed E-state index contributed by atoms with van der Waals surface area (Å²) in [7, 11) is -0.0275. The first-order valence-electron chi connectivity index (χ1n) is 11.6. The van der Waals surface area contributed by atoms with Crippen LogP contribution in [0.25, 0.3) is 11.0 Å². The number of hydrogen-bond donors (Lipinski definition) is 1. The Morgan fingerprint density at radius 3 is 2.53 bits per heavy atom. The maximum Gasteiger partial charge on any atom is 0.243 e. The molecule has 0 fully saturated rings. The summed E-state index contributed by atoms with van der Waals surface area (Å²) in [4.78, 5) is 17.3. The van der Waals surface area contributed by atoms with Gasteiger partial charge in [-0.3, -0.25) is 4.79 Å². The van der Waals surface area contributed by atoms with Gasteiger partial charge < -0.3 is 14.6 Å². The number of fused-ring (bicyclic) bond motifs is 1. The standard InChI is InChI=1S/C25H34N4O4S/c1-6-29(7-2)34(31,32)20-9-10-22-21(17-20)27-24(28(22)4)12-13-25(30)26-15-14-19-16-18(3)8-11-23(19)33-5/h8-11,16-17H,6-7,12-15H2,1-5H3,(H,26,30). The minimum Gasteiger partial charge on any atom is -0.496 e. The van der Waals surface area contributed by atoms with Gasteiger partial charge in [0, 0.05) is 39.5 Å². The molecule has 34 heavy (non-hydrogen) atoms. The van der Waals surface area contributed by atoms with Crippen LogP contribution in [0.5, 0.6) is 5.75 Å². The van der Waals surface area contributed by atoms with Crippen LogP contribution in [-0.4, -0.2) is 54.9 Å². The van der Waals surface area contributed by atoms with Gasteiger partial charge in [-0.25, -0.2) is 13.4 Å². The van der Waals surface area contributed by atoms with Crippen LogP contribution >= 0.6 is 0 Å². The molecule has 3 rings (SSSR count). The maximum absolute atomic E-state index is 12.8. The van der Waals surface area contributed by atoms with Gasteiger partial charge in [-0.15, -0.1) is 0 Å². The van der Waals surface area contributed by atoms with E-state index in [-0.39, 0.29) is 10.8 Å². The quantitative estimate of drug-likeness (QED) is 0.449. The summed E-state index contributed by atoms with van der Waals surface area (Å²) in [5.41, 5.74) is 3.66. The number of carbonyl (C=O) groups excluding carboxylic acids is 1. The van der Waals surface area contributed by atoms with Crippen molar-refractivity contribution in [3.8, 4) is 5.75 Å². The van der Waals surface area contributed by atoms with Gasteiger partial charge in [-0.2, -0.15) is 4.31 Å². The van der Waals surface area contributed by atoms with Crippen molar-refractivity contribution >= 4 is 27.0 Å². The number of ether oxygens (including phenoxy) is 1. The van der Waals surface area contributed by atoms with Crippen molar-refractivity contribution in [1.29, 1.82) is 0 Å². The van der Waals surface area contributed by atoms with Gasteiger partial charge in [0.05, 0.1) is 23.0 Å². The van der Waals surface area contributed by atoms with E-state index in [2.05, 4.69) is 16.4 Å². The van der Waals surface area contributed by atoms with Crippen LogP contribution in [0.4, 0.5) is 0 Å². The normalized spacial score (nSPS) is 11.8. The number of imidazole rings is 1. The van der Waals surface area contributed by atoms with Crippen LogP contribution in [0.15, 0.2) is 41.3 Å². The molecule has 0 saturated carbocycles. The zero-order valence-corrected chi connectivity index (χ0v) is 21.4. The number of nitrogens with zero attached hydrogens (tertiary/aromatic N) is 3. The Balaban J connectivity index is 1.63. The molecule has 0 unspecified atom stereocenters.